The van der Waals surface area contributed by atoms with Crippen LogP contribution in [0.4, 0.5) is 0 Å². The Morgan fingerprint density at radius 2 is 1.94 bits per heavy atom. The van der Waals surface area contributed by atoms with E-state index in [4.69, 9.17) is 4.42 Å². The van der Waals surface area contributed by atoms with Crippen molar-refractivity contribution < 1.29 is 4.42 Å². The molecule has 0 radical (unpaired) electrons. The molecule has 0 saturated carbocycles. The normalized spacial score (nSPS) is 12.0. The maximum absolute atomic E-state index is 11.5. The number of halogens is 1. The van der Waals surface area contributed by atoms with Crippen molar-refractivity contribution in [3.63, 3.8) is 0 Å². The molecular weight excluding hydrogens is 315 g/mol. The molecule has 84 valence electrons. The van der Waals surface area contributed by atoms with Crippen LogP contribution in [0.5, 0.6) is 0 Å². The van der Waals surface area contributed by atoms with E-state index in [2.05, 4.69) is 20.8 Å². The summed E-state index contributed by atoms with van der Waals surface area (Å²) in [7, 11) is 0. The van der Waals surface area contributed by atoms with Crippen LogP contribution in [0.15, 0.2) is 33.5 Å². The van der Waals surface area contributed by atoms with Crippen molar-refractivity contribution in [3.05, 3.63) is 43.8 Å². The second-order valence-electron chi connectivity index (χ2n) is 4.86. The molecule has 3 heteroatoms. The highest BCUT2D eigenvalue weighted by Gasteiger charge is 2.18. The van der Waals surface area contributed by atoms with Crippen molar-refractivity contribution in [1.29, 1.82) is 0 Å². The number of para-hydroxylation sites is 1. The summed E-state index contributed by atoms with van der Waals surface area (Å²) < 4.78 is 6.01. The molecule has 2 aromatic rings. The van der Waals surface area contributed by atoms with E-state index in [-0.39, 0.29) is 11.0 Å². The van der Waals surface area contributed by atoms with E-state index >= 15 is 0 Å². The Morgan fingerprint density at radius 1 is 1.25 bits per heavy atom. The van der Waals surface area contributed by atoms with Gasteiger partial charge in [-0.1, -0.05) is 39.0 Å². The third kappa shape index (κ3) is 2.00. The summed E-state index contributed by atoms with van der Waals surface area (Å²) in [5.41, 5.74) is 1.49. The molecule has 2 nitrogen and oxygen atoms in total. The Morgan fingerprint density at radius 3 is 2.56 bits per heavy atom. The molecule has 0 N–H and O–H groups in total. The molecule has 0 atom stereocenters. The monoisotopic (exact) mass is 328 g/mol. The summed E-state index contributed by atoms with van der Waals surface area (Å²) in [4.78, 5) is 11.5. The van der Waals surface area contributed by atoms with Gasteiger partial charge in [-0.2, -0.15) is 0 Å². The van der Waals surface area contributed by atoms with E-state index in [9.17, 15) is 4.79 Å². The molecule has 0 bridgehead atoms. The largest absolute Gasteiger partial charge is 0.422 e. The van der Waals surface area contributed by atoms with Crippen molar-refractivity contribution in [2.75, 3.05) is 0 Å². The zero-order chi connectivity index (χ0) is 11.9. The molecule has 0 spiro atoms. The van der Waals surface area contributed by atoms with Crippen LogP contribution in [0.25, 0.3) is 11.0 Å². The minimum Gasteiger partial charge on any atom is -0.422 e. The Hall–Kier alpha value is -0.840. The smallest absolute Gasteiger partial charge is 0.349 e. The van der Waals surface area contributed by atoms with E-state index in [0.29, 0.717) is 9.15 Å². The van der Waals surface area contributed by atoms with Crippen LogP contribution >= 0.6 is 22.6 Å². The summed E-state index contributed by atoms with van der Waals surface area (Å²) in [6, 6.07) is 7.85. The molecule has 1 aromatic heterocycles. The fourth-order valence-electron chi connectivity index (χ4n) is 1.71. The van der Waals surface area contributed by atoms with Crippen LogP contribution in [0.2, 0.25) is 0 Å². The first-order chi connectivity index (χ1) is 7.39. The molecule has 0 aliphatic heterocycles. The highest BCUT2D eigenvalue weighted by atomic mass is 127. The second kappa shape index (κ2) is 3.87. The van der Waals surface area contributed by atoms with E-state index in [1.165, 1.54) is 0 Å². The number of benzene rings is 1. The highest BCUT2D eigenvalue weighted by molar-refractivity contribution is 14.1. The van der Waals surface area contributed by atoms with Crippen molar-refractivity contribution in [3.8, 4) is 0 Å². The minimum atomic E-state index is -0.259. The van der Waals surface area contributed by atoms with Crippen molar-refractivity contribution in [2.24, 2.45) is 0 Å². The van der Waals surface area contributed by atoms with Gasteiger partial charge in [0.05, 0.1) is 3.57 Å². The fraction of sp³-hybridized carbons (Fsp3) is 0.308. The average Bonchev–Trinajstić information content (AvgIpc) is 2.17. The van der Waals surface area contributed by atoms with Crippen molar-refractivity contribution in [2.45, 2.75) is 26.2 Å². The van der Waals surface area contributed by atoms with Crippen molar-refractivity contribution >= 4 is 33.6 Å². The number of rotatable bonds is 0. The third-order valence-corrected chi connectivity index (χ3v) is 3.28. The molecule has 0 saturated heterocycles. The van der Waals surface area contributed by atoms with Crippen LogP contribution in [0.1, 0.15) is 26.3 Å². The predicted molar refractivity (Wildman–Crippen MR) is 73.9 cm³/mol. The summed E-state index contributed by atoms with van der Waals surface area (Å²) in [6.07, 6.45) is 0. The first kappa shape index (κ1) is 11.6. The van der Waals surface area contributed by atoms with Gasteiger partial charge in [-0.3, -0.25) is 0 Å². The average molecular weight is 328 g/mol. The van der Waals surface area contributed by atoms with Crippen LogP contribution in [0.3, 0.4) is 0 Å². The maximum Gasteiger partial charge on any atom is 0.349 e. The van der Waals surface area contributed by atoms with Gasteiger partial charge in [-0.15, -0.1) is 0 Å². The zero-order valence-electron chi connectivity index (χ0n) is 9.50. The Labute approximate surface area is 108 Å². The van der Waals surface area contributed by atoms with Gasteiger partial charge in [-0.25, -0.2) is 4.79 Å². The van der Waals surface area contributed by atoms with E-state index in [0.717, 1.165) is 10.9 Å². The van der Waals surface area contributed by atoms with Crippen LogP contribution < -0.4 is 5.63 Å². The molecule has 1 aromatic carbocycles. The quantitative estimate of drug-likeness (QED) is 0.545. The van der Waals surface area contributed by atoms with Gasteiger partial charge in [0.25, 0.3) is 0 Å². The van der Waals surface area contributed by atoms with Gasteiger partial charge in [0.2, 0.25) is 0 Å². The lowest BCUT2D eigenvalue weighted by atomic mass is 9.86. The summed E-state index contributed by atoms with van der Waals surface area (Å²) in [5.74, 6) is 0. The fourth-order valence-corrected chi connectivity index (χ4v) is 2.16. The van der Waals surface area contributed by atoms with Gasteiger partial charge in [0.1, 0.15) is 5.58 Å². The van der Waals surface area contributed by atoms with E-state index in [1.807, 2.05) is 46.9 Å². The number of hydrogen-bond donors (Lipinski definition) is 0. The molecule has 0 aliphatic rings. The lowest BCUT2D eigenvalue weighted by Crippen LogP contribution is -2.13. The molecule has 0 unspecified atom stereocenters. The lowest BCUT2D eigenvalue weighted by molar-refractivity contribution is 0.526. The van der Waals surface area contributed by atoms with Crippen molar-refractivity contribution in [1.82, 2.24) is 0 Å². The SMILES string of the molecule is CC(C)(C)c1cccc2cc(I)c(=O)oc12. The molecule has 0 aliphatic carbocycles. The Bertz CT molecular complexity index is 591. The minimum absolute atomic E-state index is 0.0256. The predicted octanol–water partition coefficient (Wildman–Crippen LogP) is 3.70. The van der Waals surface area contributed by atoms with Crippen LogP contribution in [-0.4, -0.2) is 0 Å². The Balaban J connectivity index is 2.88. The second-order valence-corrected chi connectivity index (χ2v) is 6.02. The Kier molecular flexibility index (Phi) is 2.82. The van der Waals surface area contributed by atoms with E-state index < -0.39 is 0 Å². The first-order valence-corrected chi connectivity index (χ1v) is 6.20. The summed E-state index contributed by atoms with van der Waals surface area (Å²) in [6.45, 7) is 6.33. The molecule has 2 rings (SSSR count). The van der Waals surface area contributed by atoms with Gasteiger partial charge in [0.15, 0.2) is 0 Å². The molecule has 1 heterocycles. The standard InChI is InChI=1S/C13H13IO2/c1-13(2,3)9-6-4-5-8-7-10(14)12(15)16-11(8)9/h4-7H,1-3H3. The zero-order valence-corrected chi connectivity index (χ0v) is 11.7. The van der Waals surface area contributed by atoms with Gasteiger partial charge in [-0.05, 0) is 34.1 Å². The highest BCUT2D eigenvalue weighted by Crippen LogP contribution is 2.29. The van der Waals surface area contributed by atoms with Crippen LogP contribution in [0, 0.1) is 3.57 Å². The third-order valence-electron chi connectivity index (χ3n) is 2.53. The lowest BCUT2D eigenvalue weighted by Gasteiger charge is -2.19. The summed E-state index contributed by atoms with van der Waals surface area (Å²) >= 11 is 2.00. The maximum atomic E-state index is 11.5. The molecule has 0 fully saturated rings. The summed E-state index contributed by atoms with van der Waals surface area (Å²) in [5, 5.41) is 0.983. The van der Waals surface area contributed by atoms with Gasteiger partial charge >= 0.3 is 5.63 Å². The molecule has 0 amide bonds. The number of hydrogen-bond acceptors (Lipinski definition) is 2. The first-order valence-electron chi connectivity index (χ1n) is 5.12. The molecular formula is C13H13IO2. The molecule has 16 heavy (non-hydrogen) atoms. The van der Waals surface area contributed by atoms with Gasteiger partial charge < -0.3 is 4.42 Å². The van der Waals surface area contributed by atoms with Gasteiger partial charge in [0, 0.05) is 10.9 Å². The number of fused-ring (bicyclic) bond motifs is 1. The van der Waals surface area contributed by atoms with E-state index in [1.54, 1.807) is 0 Å². The topological polar surface area (TPSA) is 30.2 Å². The van der Waals surface area contributed by atoms with Crippen LogP contribution in [-0.2, 0) is 5.41 Å².